The summed E-state index contributed by atoms with van der Waals surface area (Å²) in [6.45, 7) is 1.80. The van der Waals surface area contributed by atoms with Crippen LogP contribution in [0.25, 0.3) is 0 Å². The van der Waals surface area contributed by atoms with E-state index in [9.17, 15) is 17.6 Å². The van der Waals surface area contributed by atoms with Crippen LogP contribution >= 0.6 is 11.6 Å². The van der Waals surface area contributed by atoms with E-state index < -0.39 is 21.4 Å². The summed E-state index contributed by atoms with van der Waals surface area (Å²) in [5.41, 5.74) is 1.37. The first kappa shape index (κ1) is 20.9. The van der Waals surface area contributed by atoms with Crippen molar-refractivity contribution in [1.82, 2.24) is 10.1 Å². The molecule has 0 fully saturated rings. The van der Waals surface area contributed by atoms with E-state index >= 15 is 0 Å². The molecule has 1 N–H and O–H groups in total. The molecule has 1 aromatic heterocycles. The number of aryl methyl sites for hydroxylation is 1. The second kappa shape index (κ2) is 8.71. The third-order valence-electron chi connectivity index (χ3n) is 4.11. The van der Waals surface area contributed by atoms with Crippen molar-refractivity contribution >= 4 is 33.0 Å². The molecule has 1 heterocycles. The van der Waals surface area contributed by atoms with Gasteiger partial charge in [0.1, 0.15) is 11.6 Å². The minimum absolute atomic E-state index is 0.0320. The Morgan fingerprint density at radius 1 is 1.21 bits per heavy atom. The lowest BCUT2D eigenvalue weighted by Gasteiger charge is -2.08. The van der Waals surface area contributed by atoms with Crippen molar-refractivity contribution in [2.45, 2.75) is 30.4 Å². The van der Waals surface area contributed by atoms with Gasteiger partial charge in [-0.05, 0) is 48.9 Å². The van der Waals surface area contributed by atoms with Crippen molar-refractivity contribution in [3.63, 3.8) is 0 Å². The maximum Gasteiger partial charge on any atom is 0.227 e. The topological polar surface area (TPSA) is 102 Å². The number of carbonyl (C=O) groups excluding carboxylic acids is 1. The minimum atomic E-state index is -3.74. The van der Waals surface area contributed by atoms with Gasteiger partial charge in [0.2, 0.25) is 11.8 Å². The average Bonchev–Trinajstić information content (AvgIpc) is 3.11. The quantitative estimate of drug-likeness (QED) is 0.565. The number of hydrogen-bond donors (Lipinski definition) is 1. The fourth-order valence-corrected chi connectivity index (χ4v) is 3.87. The van der Waals surface area contributed by atoms with Crippen molar-refractivity contribution in [2.75, 3.05) is 5.32 Å². The smallest absolute Gasteiger partial charge is 0.227 e. The van der Waals surface area contributed by atoms with Crippen LogP contribution in [-0.2, 0) is 26.8 Å². The molecular weight excluding hydrogens is 421 g/mol. The van der Waals surface area contributed by atoms with Crippen LogP contribution in [0.15, 0.2) is 51.9 Å². The lowest BCUT2D eigenvalue weighted by atomic mass is 10.2. The number of halogens is 2. The molecule has 0 saturated carbocycles. The van der Waals surface area contributed by atoms with Gasteiger partial charge in [-0.2, -0.15) is 4.98 Å². The van der Waals surface area contributed by atoms with Gasteiger partial charge in [0.25, 0.3) is 0 Å². The van der Waals surface area contributed by atoms with E-state index in [2.05, 4.69) is 15.5 Å². The number of sulfone groups is 1. The van der Waals surface area contributed by atoms with Gasteiger partial charge in [0.15, 0.2) is 15.7 Å². The highest BCUT2D eigenvalue weighted by Gasteiger charge is 2.20. The molecule has 3 aromatic rings. The van der Waals surface area contributed by atoms with Crippen molar-refractivity contribution < 1.29 is 22.1 Å². The van der Waals surface area contributed by atoms with E-state index in [1.165, 1.54) is 12.1 Å². The van der Waals surface area contributed by atoms with Crippen LogP contribution in [0, 0.1) is 12.7 Å². The zero-order valence-electron chi connectivity index (χ0n) is 15.4. The molecule has 2 aromatic carbocycles. The molecule has 0 aliphatic heterocycles. The van der Waals surface area contributed by atoms with E-state index in [1.807, 2.05) is 0 Å². The molecule has 0 aliphatic carbocycles. The van der Waals surface area contributed by atoms with Crippen molar-refractivity contribution in [3.8, 4) is 0 Å². The molecule has 0 saturated heterocycles. The normalized spacial score (nSPS) is 11.4. The number of benzene rings is 2. The zero-order chi connectivity index (χ0) is 21.0. The van der Waals surface area contributed by atoms with E-state index in [0.717, 1.165) is 17.7 Å². The first-order valence-corrected chi connectivity index (χ1v) is 10.6. The molecule has 152 valence electrons. The molecule has 1 amide bonds. The minimum Gasteiger partial charge on any atom is -0.339 e. The molecule has 3 rings (SSSR count). The first-order valence-electron chi connectivity index (χ1n) is 8.59. The molecular formula is C19H17ClFN3O4S. The van der Waals surface area contributed by atoms with Crippen molar-refractivity contribution in [2.24, 2.45) is 0 Å². The predicted molar refractivity (Wildman–Crippen MR) is 105 cm³/mol. The van der Waals surface area contributed by atoms with E-state index in [4.69, 9.17) is 16.1 Å². The van der Waals surface area contributed by atoms with Gasteiger partial charge in [-0.15, -0.1) is 0 Å². The number of carbonyl (C=O) groups is 1. The predicted octanol–water partition coefficient (Wildman–Crippen LogP) is 3.72. The molecule has 0 aliphatic rings. The number of hydrogen-bond acceptors (Lipinski definition) is 6. The number of nitrogens with zero attached hydrogens (tertiary/aromatic N) is 2. The maximum absolute atomic E-state index is 13.0. The fraction of sp³-hybridized carbons (Fsp3) is 0.211. The van der Waals surface area contributed by atoms with Crippen LogP contribution in [0.3, 0.4) is 0 Å². The number of anilines is 1. The number of rotatable bonds is 7. The van der Waals surface area contributed by atoms with E-state index in [0.29, 0.717) is 10.7 Å². The Morgan fingerprint density at radius 2 is 1.93 bits per heavy atom. The lowest BCUT2D eigenvalue weighted by molar-refractivity contribution is -0.116. The van der Waals surface area contributed by atoms with Crippen LogP contribution in [0.2, 0.25) is 5.02 Å². The average molecular weight is 438 g/mol. The van der Waals surface area contributed by atoms with Crippen LogP contribution in [-0.4, -0.2) is 24.5 Å². The largest absolute Gasteiger partial charge is 0.339 e. The summed E-state index contributed by atoms with van der Waals surface area (Å²) in [4.78, 5) is 16.1. The summed E-state index contributed by atoms with van der Waals surface area (Å²) < 4.78 is 42.6. The second-order valence-electron chi connectivity index (χ2n) is 6.28. The summed E-state index contributed by atoms with van der Waals surface area (Å²) in [5, 5.41) is 6.94. The molecule has 29 heavy (non-hydrogen) atoms. The van der Waals surface area contributed by atoms with Gasteiger partial charge >= 0.3 is 0 Å². The van der Waals surface area contributed by atoms with Crippen molar-refractivity contribution in [3.05, 3.63) is 70.6 Å². The third-order valence-corrected chi connectivity index (χ3v) is 6.15. The summed E-state index contributed by atoms with van der Waals surface area (Å²) in [6.07, 6.45) is 0.216. The number of amides is 1. The molecule has 0 bridgehead atoms. The van der Waals surface area contributed by atoms with Gasteiger partial charge in [-0.25, -0.2) is 12.8 Å². The third kappa shape index (κ3) is 5.39. The van der Waals surface area contributed by atoms with Crippen LogP contribution < -0.4 is 5.32 Å². The Balaban J connectivity index is 1.58. The van der Waals surface area contributed by atoms with Gasteiger partial charge in [0, 0.05) is 23.6 Å². The lowest BCUT2D eigenvalue weighted by Crippen LogP contribution is -2.13. The highest BCUT2D eigenvalue weighted by Crippen LogP contribution is 2.23. The first-order chi connectivity index (χ1) is 13.7. The SMILES string of the molecule is Cc1c(Cl)cccc1NC(=O)CCc1nc(CS(=O)(=O)c2ccc(F)cc2)no1. The molecule has 7 nitrogen and oxygen atoms in total. The van der Waals surface area contributed by atoms with Crippen LogP contribution in [0.1, 0.15) is 23.7 Å². The van der Waals surface area contributed by atoms with Crippen LogP contribution in [0.5, 0.6) is 0 Å². The Morgan fingerprint density at radius 3 is 2.66 bits per heavy atom. The zero-order valence-corrected chi connectivity index (χ0v) is 16.9. The molecule has 0 atom stereocenters. The molecule has 0 radical (unpaired) electrons. The fourth-order valence-electron chi connectivity index (χ4n) is 2.52. The molecule has 10 heteroatoms. The highest BCUT2D eigenvalue weighted by molar-refractivity contribution is 7.90. The van der Waals surface area contributed by atoms with Gasteiger partial charge < -0.3 is 9.84 Å². The van der Waals surface area contributed by atoms with Gasteiger partial charge in [0.05, 0.1) is 4.90 Å². The standard InChI is InChI=1S/C19H17ClFN3O4S/c1-12-15(20)3-2-4-16(12)22-18(25)9-10-19-23-17(24-28-19)11-29(26,27)14-7-5-13(21)6-8-14/h2-8H,9-11H2,1H3,(H,22,25). The number of nitrogens with one attached hydrogen (secondary N) is 1. The van der Waals surface area contributed by atoms with E-state index in [-0.39, 0.29) is 35.4 Å². The number of aromatic nitrogens is 2. The summed E-state index contributed by atoms with van der Waals surface area (Å²) in [5.74, 6) is -1.18. The monoisotopic (exact) mass is 437 g/mol. The van der Waals surface area contributed by atoms with Gasteiger partial charge in [-0.1, -0.05) is 22.8 Å². The Kier molecular flexibility index (Phi) is 6.29. The maximum atomic E-state index is 13.0. The Hall–Kier alpha value is -2.78. The molecule has 0 unspecified atom stereocenters. The summed E-state index contributed by atoms with van der Waals surface area (Å²) in [6, 6.07) is 9.68. The summed E-state index contributed by atoms with van der Waals surface area (Å²) >= 11 is 6.03. The molecule has 0 spiro atoms. The van der Waals surface area contributed by atoms with Crippen molar-refractivity contribution in [1.29, 1.82) is 0 Å². The van der Waals surface area contributed by atoms with Gasteiger partial charge in [-0.3, -0.25) is 4.79 Å². The highest BCUT2D eigenvalue weighted by atomic mass is 35.5. The Labute approximate surface area is 171 Å². The summed E-state index contributed by atoms with van der Waals surface area (Å²) in [7, 11) is -3.74. The second-order valence-corrected chi connectivity index (χ2v) is 8.67. The Bertz CT molecular complexity index is 1130. The van der Waals surface area contributed by atoms with E-state index in [1.54, 1.807) is 25.1 Å². The van der Waals surface area contributed by atoms with Crippen LogP contribution in [0.4, 0.5) is 10.1 Å².